The summed E-state index contributed by atoms with van der Waals surface area (Å²) in [6.45, 7) is 4.34. The Morgan fingerprint density at radius 1 is 1.36 bits per heavy atom. The van der Waals surface area contributed by atoms with Crippen LogP contribution in [0, 0.1) is 5.92 Å². The molecule has 2 N–H and O–H groups in total. The first kappa shape index (κ1) is 18.5. The van der Waals surface area contributed by atoms with Gasteiger partial charge in [0.2, 0.25) is 5.91 Å². The van der Waals surface area contributed by atoms with Crippen LogP contribution >= 0.6 is 12.4 Å². The molecule has 22 heavy (non-hydrogen) atoms. The van der Waals surface area contributed by atoms with Crippen LogP contribution < -0.4 is 10.6 Å². The fraction of sp³-hybridized carbons (Fsp3) is 0.500. The largest absolute Gasteiger partial charge is 0.338 e. The normalized spacial score (nSPS) is 17.0. The van der Waals surface area contributed by atoms with Gasteiger partial charge in [-0.05, 0) is 44.1 Å². The second-order valence-corrected chi connectivity index (χ2v) is 5.45. The molecule has 5 nitrogen and oxygen atoms in total. The highest BCUT2D eigenvalue weighted by atomic mass is 35.5. The number of carbonyl (C=O) groups is 2. The van der Waals surface area contributed by atoms with E-state index in [-0.39, 0.29) is 24.2 Å². The predicted octanol–water partition coefficient (Wildman–Crippen LogP) is 2.14. The van der Waals surface area contributed by atoms with E-state index in [9.17, 15) is 9.59 Å². The van der Waals surface area contributed by atoms with E-state index >= 15 is 0 Å². The van der Waals surface area contributed by atoms with Crippen LogP contribution in [0.25, 0.3) is 0 Å². The molecule has 0 aromatic heterocycles. The number of benzene rings is 1. The van der Waals surface area contributed by atoms with Crippen LogP contribution in [-0.4, -0.2) is 43.4 Å². The Kier molecular flexibility index (Phi) is 7.35. The highest BCUT2D eigenvalue weighted by molar-refractivity contribution is 5.97. The van der Waals surface area contributed by atoms with E-state index < -0.39 is 0 Å². The first-order chi connectivity index (χ1) is 10.1. The number of likely N-dealkylation sites (tertiary alicyclic amines) is 1. The molecule has 0 radical (unpaired) electrons. The molecule has 2 amide bonds. The maximum atomic E-state index is 12.5. The molecule has 1 atom stereocenters. The third kappa shape index (κ3) is 4.71. The maximum absolute atomic E-state index is 12.5. The Hall–Kier alpha value is -1.59. The van der Waals surface area contributed by atoms with Gasteiger partial charge in [-0.3, -0.25) is 9.59 Å². The molecule has 1 aliphatic heterocycles. The van der Waals surface area contributed by atoms with Crippen LogP contribution in [0.1, 0.15) is 30.1 Å². The lowest BCUT2D eigenvalue weighted by Crippen LogP contribution is -2.30. The molecule has 2 rings (SSSR count). The number of carbonyl (C=O) groups excluding carboxylic acids is 2. The molecule has 1 heterocycles. The number of rotatable bonds is 5. The monoisotopic (exact) mass is 325 g/mol. The molecular weight excluding hydrogens is 302 g/mol. The van der Waals surface area contributed by atoms with Crippen molar-refractivity contribution in [2.45, 2.75) is 19.8 Å². The number of anilines is 1. The first-order valence-electron chi connectivity index (χ1n) is 7.47. The fourth-order valence-electron chi connectivity index (χ4n) is 2.63. The predicted molar refractivity (Wildman–Crippen MR) is 90.5 cm³/mol. The molecule has 1 aliphatic rings. The van der Waals surface area contributed by atoms with Gasteiger partial charge < -0.3 is 15.5 Å². The molecule has 122 valence electrons. The maximum Gasteiger partial charge on any atom is 0.253 e. The lowest BCUT2D eigenvalue weighted by atomic mass is 10.1. The van der Waals surface area contributed by atoms with Crippen molar-refractivity contribution in [1.82, 2.24) is 10.2 Å². The van der Waals surface area contributed by atoms with E-state index in [1.54, 1.807) is 31.2 Å². The molecule has 0 spiro atoms. The zero-order chi connectivity index (χ0) is 15.2. The average molecular weight is 326 g/mol. The number of nitrogens with one attached hydrogen (secondary N) is 2. The van der Waals surface area contributed by atoms with Crippen molar-refractivity contribution < 1.29 is 9.59 Å². The summed E-state index contributed by atoms with van der Waals surface area (Å²) < 4.78 is 0. The van der Waals surface area contributed by atoms with Crippen molar-refractivity contribution in [3.63, 3.8) is 0 Å². The molecule has 1 saturated heterocycles. The van der Waals surface area contributed by atoms with Crippen molar-refractivity contribution in [1.29, 1.82) is 0 Å². The van der Waals surface area contributed by atoms with Crippen LogP contribution in [-0.2, 0) is 4.79 Å². The number of halogens is 1. The second-order valence-electron chi connectivity index (χ2n) is 5.45. The fourth-order valence-corrected chi connectivity index (χ4v) is 2.63. The minimum Gasteiger partial charge on any atom is -0.338 e. The Morgan fingerprint density at radius 2 is 2.14 bits per heavy atom. The highest BCUT2D eigenvalue weighted by Gasteiger charge is 2.26. The summed E-state index contributed by atoms with van der Waals surface area (Å²) >= 11 is 0. The molecule has 1 aromatic rings. The molecule has 0 aliphatic carbocycles. The van der Waals surface area contributed by atoms with E-state index in [0.717, 1.165) is 26.1 Å². The lowest BCUT2D eigenvalue weighted by molar-refractivity contribution is -0.115. The van der Waals surface area contributed by atoms with Gasteiger partial charge in [0.15, 0.2) is 0 Å². The van der Waals surface area contributed by atoms with E-state index in [2.05, 4.69) is 10.6 Å². The number of hydrogen-bond donors (Lipinski definition) is 2. The zero-order valence-corrected chi connectivity index (χ0v) is 13.9. The Labute approximate surface area is 137 Å². The van der Waals surface area contributed by atoms with Gasteiger partial charge in [0, 0.05) is 30.8 Å². The molecule has 1 fully saturated rings. The van der Waals surface area contributed by atoms with Crippen molar-refractivity contribution in [3.8, 4) is 0 Å². The standard InChI is InChI=1S/C16H23N3O2.ClH/c1-3-15(20)18-14-6-4-5-13(9-14)16(21)19-8-7-12(11-19)10-17-2;/h4-6,9,12,17H,3,7-8,10-11H2,1-2H3,(H,18,20);1H. The zero-order valence-electron chi connectivity index (χ0n) is 13.1. The lowest BCUT2D eigenvalue weighted by Gasteiger charge is -2.17. The van der Waals surface area contributed by atoms with Crippen LogP contribution in [0.15, 0.2) is 24.3 Å². The van der Waals surface area contributed by atoms with Gasteiger partial charge in [-0.25, -0.2) is 0 Å². The third-order valence-corrected chi connectivity index (χ3v) is 3.78. The summed E-state index contributed by atoms with van der Waals surface area (Å²) in [4.78, 5) is 25.8. The van der Waals surface area contributed by atoms with Gasteiger partial charge in [0.05, 0.1) is 0 Å². The molecule has 1 unspecified atom stereocenters. The Balaban J connectivity index is 0.00000242. The highest BCUT2D eigenvalue weighted by Crippen LogP contribution is 2.19. The summed E-state index contributed by atoms with van der Waals surface area (Å²) in [6.07, 6.45) is 1.47. The summed E-state index contributed by atoms with van der Waals surface area (Å²) in [5.41, 5.74) is 1.31. The van der Waals surface area contributed by atoms with E-state index in [0.29, 0.717) is 23.6 Å². The first-order valence-corrected chi connectivity index (χ1v) is 7.47. The van der Waals surface area contributed by atoms with Crippen molar-refractivity contribution >= 4 is 29.9 Å². The summed E-state index contributed by atoms with van der Waals surface area (Å²) in [6, 6.07) is 7.16. The number of amides is 2. The van der Waals surface area contributed by atoms with Gasteiger partial charge in [0.25, 0.3) is 5.91 Å². The van der Waals surface area contributed by atoms with Gasteiger partial charge in [-0.1, -0.05) is 13.0 Å². The number of hydrogen-bond acceptors (Lipinski definition) is 3. The molecular formula is C16H24ClN3O2. The van der Waals surface area contributed by atoms with Gasteiger partial charge >= 0.3 is 0 Å². The molecule has 6 heteroatoms. The van der Waals surface area contributed by atoms with Crippen LogP contribution in [0.2, 0.25) is 0 Å². The third-order valence-electron chi connectivity index (χ3n) is 3.78. The quantitative estimate of drug-likeness (QED) is 0.872. The van der Waals surface area contributed by atoms with Crippen molar-refractivity contribution in [2.75, 3.05) is 32.0 Å². The molecule has 0 saturated carbocycles. The molecule has 0 bridgehead atoms. The summed E-state index contributed by atoms with van der Waals surface area (Å²) in [7, 11) is 1.93. The van der Waals surface area contributed by atoms with Gasteiger partial charge in [-0.2, -0.15) is 0 Å². The molecule has 1 aromatic carbocycles. The Morgan fingerprint density at radius 3 is 2.82 bits per heavy atom. The van der Waals surface area contributed by atoms with Crippen molar-refractivity contribution in [3.05, 3.63) is 29.8 Å². The van der Waals surface area contributed by atoms with Gasteiger partial charge in [0.1, 0.15) is 0 Å². The van der Waals surface area contributed by atoms with E-state index in [1.807, 2.05) is 11.9 Å². The van der Waals surface area contributed by atoms with Crippen LogP contribution in [0.4, 0.5) is 5.69 Å². The minimum atomic E-state index is -0.0464. The average Bonchev–Trinajstić information content (AvgIpc) is 2.95. The Bertz CT molecular complexity index is 522. The van der Waals surface area contributed by atoms with E-state index in [4.69, 9.17) is 0 Å². The summed E-state index contributed by atoms with van der Waals surface area (Å²) in [5, 5.41) is 5.95. The number of nitrogens with zero attached hydrogens (tertiary/aromatic N) is 1. The SMILES string of the molecule is CCC(=O)Nc1cccc(C(=O)N2CCC(CNC)C2)c1.Cl. The second kappa shape index (κ2) is 8.76. The van der Waals surface area contributed by atoms with Crippen LogP contribution in [0.3, 0.4) is 0 Å². The van der Waals surface area contributed by atoms with Crippen LogP contribution in [0.5, 0.6) is 0 Å². The van der Waals surface area contributed by atoms with Gasteiger partial charge in [-0.15, -0.1) is 12.4 Å². The van der Waals surface area contributed by atoms with E-state index in [1.165, 1.54) is 0 Å². The smallest absolute Gasteiger partial charge is 0.253 e. The summed E-state index contributed by atoms with van der Waals surface area (Å²) in [5.74, 6) is 0.526. The topological polar surface area (TPSA) is 61.4 Å². The van der Waals surface area contributed by atoms with Crippen molar-refractivity contribution in [2.24, 2.45) is 5.92 Å². The minimum absolute atomic E-state index is 0.